The van der Waals surface area contributed by atoms with E-state index >= 15 is 4.79 Å². The minimum Gasteiger partial charge on any atom is -0.508 e. The first-order valence-electron chi connectivity index (χ1n) is 18.4. The van der Waals surface area contributed by atoms with Gasteiger partial charge in [0, 0.05) is 91.1 Å². The molecule has 272 valence electrons. The fourth-order valence-corrected chi connectivity index (χ4v) is 8.07. The summed E-state index contributed by atoms with van der Waals surface area (Å²) >= 11 is 0. The van der Waals surface area contributed by atoms with E-state index < -0.39 is 0 Å². The van der Waals surface area contributed by atoms with Gasteiger partial charge in [0.05, 0.1) is 36.3 Å². The van der Waals surface area contributed by atoms with Crippen molar-refractivity contribution in [3.05, 3.63) is 144 Å². The number of aryl methyl sites for hydroxylation is 2. The summed E-state index contributed by atoms with van der Waals surface area (Å²) in [5, 5.41) is 11.9. The van der Waals surface area contributed by atoms with E-state index in [-0.39, 0.29) is 23.6 Å². The van der Waals surface area contributed by atoms with Crippen LogP contribution in [0.15, 0.2) is 120 Å². The third kappa shape index (κ3) is 6.13. The maximum absolute atomic E-state index is 15.0. The Balaban J connectivity index is 1.11. The molecule has 2 aliphatic heterocycles. The molecule has 0 saturated carbocycles. The Hall–Kier alpha value is -6.10. The van der Waals surface area contributed by atoms with Crippen LogP contribution in [0.4, 0.5) is 11.4 Å². The first-order chi connectivity index (χ1) is 26.3. The fraction of sp³-hybridized carbons (Fsp3) is 0.227. The van der Waals surface area contributed by atoms with E-state index in [1.165, 1.54) is 5.56 Å². The minimum atomic E-state index is -0.247. The number of aromatic hydroxyl groups is 1. The van der Waals surface area contributed by atoms with E-state index in [9.17, 15) is 9.90 Å². The van der Waals surface area contributed by atoms with Crippen LogP contribution in [0, 0.1) is 6.92 Å². The van der Waals surface area contributed by atoms with Gasteiger partial charge in [0.1, 0.15) is 11.3 Å². The summed E-state index contributed by atoms with van der Waals surface area (Å²) in [5.41, 5.74) is 7.86. The molecule has 10 nitrogen and oxygen atoms in total. The molecule has 7 aromatic rings. The molecule has 0 aliphatic carbocycles. The average molecular weight is 720 g/mol. The number of hydrogen-bond acceptors (Lipinski definition) is 6. The van der Waals surface area contributed by atoms with Gasteiger partial charge in [0.25, 0.3) is 11.8 Å². The zero-order valence-electron chi connectivity index (χ0n) is 30.3. The van der Waals surface area contributed by atoms with Crippen molar-refractivity contribution in [2.45, 2.75) is 25.9 Å². The highest BCUT2D eigenvalue weighted by molar-refractivity contribution is 6.12. The number of nitrogens with zero attached hydrogens (tertiary/aromatic N) is 5. The molecule has 4 aromatic carbocycles. The van der Waals surface area contributed by atoms with Crippen LogP contribution in [0.2, 0.25) is 0 Å². The van der Waals surface area contributed by atoms with Crippen molar-refractivity contribution in [2.24, 2.45) is 7.05 Å². The van der Waals surface area contributed by atoms with Crippen molar-refractivity contribution in [1.29, 1.82) is 0 Å². The molecule has 2 aliphatic rings. The van der Waals surface area contributed by atoms with Crippen molar-refractivity contribution in [3.63, 3.8) is 0 Å². The number of phenols is 1. The van der Waals surface area contributed by atoms with E-state index in [2.05, 4.69) is 23.1 Å². The number of furan rings is 1. The SMILES string of the molecule is Cc1cc(C(=O)N(c2ccc(O)cc2)c2ccc3c(ccn3C)c2)cn1-c1cc2occc2cc1C(=O)N1Cc2ccccc2C[C@H]1CN1CCOCC1. The summed E-state index contributed by atoms with van der Waals surface area (Å²) in [4.78, 5) is 35.8. The third-order valence-electron chi connectivity index (χ3n) is 10.9. The molecule has 0 spiro atoms. The third-order valence-corrected chi connectivity index (χ3v) is 10.9. The van der Waals surface area contributed by atoms with Crippen LogP contribution in [0.25, 0.3) is 27.6 Å². The van der Waals surface area contributed by atoms with Crippen LogP contribution in [-0.4, -0.2) is 74.7 Å². The number of anilines is 2. The Morgan fingerprint density at radius 3 is 2.46 bits per heavy atom. The summed E-state index contributed by atoms with van der Waals surface area (Å²) in [6, 6.07) is 30.5. The molecule has 54 heavy (non-hydrogen) atoms. The van der Waals surface area contributed by atoms with Crippen molar-refractivity contribution in [2.75, 3.05) is 37.7 Å². The van der Waals surface area contributed by atoms with E-state index in [0.29, 0.717) is 53.5 Å². The molecule has 9 rings (SSSR count). The van der Waals surface area contributed by atoms with Crippen LogP contribution < -0.4 is 4.90 Å². The second-order valence-electron chi connectivity index (χ2n) is 14.4. The number of fused-ring (bicyclic) bond motifs is 3. The van der Waals surface area contributed by atoms with Gasteiger partial charge in [-0.2, -0.15) is 0 Å². The van der Waals surface area contributed by atoms with Gasteiger partial charge in [-0.15, -0.1) is 0 Å². The van der Waals surface area contributed by atoms with Gasteiger partial charge in [0.2, 0.25) is 0 Å². The van der Waals surface area contributed by atoms with Crippen LogP contribution in [-0.2, 0) is 24.8 Å². The maximum Gasteiger partial charge on any atom is 0.264 e. The normalized spacial score (nSPS) is 16.2. The minimum absolute atomic E-state index is 0.0258. The van der Waals surface area contributed by atoms with E-state index in [4.69, 9.17) is 9.15 Å². The molecule has 2 amide bonds. The van der Waals surface area contributed by atoms with E-state index in [1.807, 2.05) is 95.0 Å². The van der Waals surface area contributed by atoms with Crippen molar-refractivity contribution in [3.8, 4) is 11.4 Å². The van der Waals surface area contributed by atoms with Crippen LogP contribution in [0.1, 0.15) is 37.5 Å². The van der Waals surface area contributed by atoms with Gasteiger partial charge in [-0.3, -0.25) is 19.4 Å². The molecule has 5 heterocycles. The number of carbonyl (C=O) groups excluding carboxylic acids is 2. The van der Waals surface area contributed by atoms with Crippen LogP contribution >= 0.6 is 0 Å². The lowest BCUT2D eigenvalue weighted by Gasteiger charge is -2.40. The van der Waals surface area contributed by atoms with Crippen molar-refractivity contribution >= 4 is 45.1 Å². The Morgan fingerprint density at radius 1 is 0.870 bits per heavy atom. The monoisotopic (exact) mass is 719 g/mol. The average Bonchev–Trinajstić information content (AvgIpc) is 3.93. The molecule has 1 N–H and O–H groups in total. The number of amides is 2. The zero-order chi connectivity index (χ0) is 36.9. The Kier molecular flexibility index (Phi) is 8.56. The number of carbonyl (C=O) groups is 2. The molecule has 3 aromatic heterocycles. The van der Waals surface area contributed by atoms with Gasteiger partial charge in [-0.1, -0.05) is 24.3 Å². The van der Waals surface area contributed by atoms with Gasteiger partial charge in [0.15, 0.2) is 0 Å². The lowest BCUT2D eigenvalue weighted by molar-refractivity contribution is 0.0193. The smallest absolute Gasteiger partial charge is 0.264 e. The number of aromatic nitrogens is 2. The lowest BCUT2D eigenvalue weighted by atomic mass is 9.92. The Labute approximate surface area is 313 Å². The molecular formula is C44H41N5O5. The summed E-state index contributed by atoms with van der Waals surface area (Å²) < 4.78 is 15.5. The maximum atomic E-state index is 15.0. The summed E-state index contributed by atoms with van der Waals surface area (Å²) in [5.74, 6) is -0.201. The number of hydrogen-bond donors (Lipinski definition) is 1. The predicted molar refractivity (Wildman–Crippen MR) is 209 cm³/mol. The number of phenolic OH excluding ortho intramolecular Hbond substituents is 1. The van der Waals surface area contributed by atoms with Gasteiger partial charge in [-0.25, -0.2) is 0 Å². The highest BCUT2D eigenvalue weighted by atomic mass is 16.5. The standard InChI is InChI=1S/C44H41N5O5/c1-29-21-34(43(51)49(35-7-10-38(50)11-8-35)36-9-12-40-31(23-36)13-15-45(40)2)27-47(29)41-25-42-32(14-18-54-42)24-39(41)44(52)48-26-33-6-4-3-5-30(33)22-37(48)28-46-16-19-53-20-17-46/h3-15,18,21,23-25,27,37,50H,16-17,19-20,22,26,28H2,1-2H3/t37-/m0/s1. The molecule has 1 atom stereocenters. The quantitative estimate of drug-likeness (QED) is 0.182. The number of benzene rings is 4. The van der Waals surface area contributed by atoms with E-state index in [1.54, 1.807) is 35.4 Å². The molecule has 0 unspecified atom stereocenters. The molecule has 1 fully saturated rings. The molecule has 1 saturated heterocycles. The number of ether oxygens (including phenoxy) is 1. The summed E-state index contributed by atoms with van der Waals surface area (Å²) in [6.45, 7) is 6.27. The molecule has 0 bridgehead atoms. The first-order valence-corrected chi connectivity index (χ1v) is 18.4. The van der Waals surface area contributed by atoms with Crippen LogP contribution in [0.5, 0.6) is 5.75 Å². The summed E-state index contributed by atoms with van der Waals surface area (Å²) in [6.07, 6.45) is 6.21. The highest BCUT2D eigenvalue weighted by Crippen LogP contribution is 2.35. The predicted octanol–water partition coefficient (Wildman–Crippen LogP) is 7.61. The van der Waals surface area contributed by atoms with Gasteiger partial charge < -0.3 is 28.3 Å². The second kappa shape index (κ2) is 13.7. The summed E-state index contributed by atoms with van der Waals surface area (Å²) in [7, 11) is 1.99. The zero-order valence-corrected chi connectivity index (χ0v) is 30.3. The number of rotatable bonds is 7. The number of morpholine rings is 1. The van der Waals surface area contributed by atoms with Gasteiger partial charge >= 0.3 is 0 Å². The highest BCUT2D eigenvalue weighted by Gasteiger charge is 2.34. The van der Waals surface area contributed by atoms with Crippen molar-refractivity contribution in [1.82, 2.24) is 18.9 Å². The Bertz CT molecular complexity index is 2520. The molecule has 10 heteroatoms. The van der Waals surface area contributed by atoms with Gasteiger partial charge in [-0.05, 0) is 91.2 Å². The van der Waals surface area contributed by atoms with E-state index in [0.717, 1.165) is 53.6 Å². The van der Waals surface area contributed by atoms with Crippen molar-refractivity contribution < 1.29 is 23.8 Å². The van der Waals surface area contributed by atoms with Crippen LogP contribution in [0.3, 0.4) is 0 Å². The first kappa shape index (κ1) is 33.7. The topological polar surface area (TPSA) is 96.3 Å². The molecular weight excluding hydrogens is 679 g/mol. The Morgan fingerprint density at radius 2 is 1.65 bits per heavy atom. The largest absolute Gasteiger partial charge is 0.508 e. The fourth-order valence-electron chi connectivity index (χ4n) is 8.07. The lowest BCUT2D eigenvalue weighted by Crippen LogP contribution is -2.52. The second-order valence-corrected chi connectivity index (χ2v) is 14.4. The molecule has 0 radical (unpaired) electrons.